The van der Waals surface area contributed by atoms with Crippen molar-refractivity contribution in [2.75, 3.05) is 23.4 Å². The first-order valence-corrected chi connectivity index (χ1v) is 11.4. The summed E-state index contributed by atoms with van der Waals surface area (Å²) in [6.45, 7) is 0.838. The zero-order valence-electron chi connectivity index (χ0n) is 15.4. The molecule has 2 aliphatic heterocycles. The van der Waals surface area contributed by atoms with Crippen molar-refractivity contribution in [3.63, 3.8) is 0 Å². The van der Waals surface area contributed by atoms with Gasteiger partial charge in [-0.15, -0.1) is 23.5 Å². The molecule has 1 fully saturated rings. The SMILES string of the molecule is O=C(Nc1cccc(C2SCCCS2)c1)C(=O)N1CCc2ccc(O)cc2C1. The number of benzene rings is 2. The van der Waals surface area contributed by atoms with Crippen LogP contribution < -0.4 is 5.32 Å². The van der Waals surface area contributed by atoms with Crippen molar-refractivity contribution in [2.24, 2.45) is 0 Å². The summed E-state index contributed by atoms with van der Waals surface area (Å²) < 4.78 is 0.382. The van der Waals surface area contributed by atoms with E-state index >= 15 is 0 Å². The van der Waals surface area contributed by atoms with Gasteiger partial charge in [0.15, 0.2) is 0 Å². The van der Waals surface area contributed by atoms with Gasteiger partial charge in [0.05, 0.1) is 4.58 Å². The molecule has 146 valence electrons. The van der Waals surface area contributed by atoms with Crippen molar-refractivity contribution < 1.29 is 14.7 Å². The van der Waals surface area contributed by atoms with Crippen LogP contribution in [0, 0.1) is 0 Å². The number of hydrogen-bond donors (Lipinski definition) is 2. The smallest absolute Gasteiger partial charge is 0.313 e. The number of carbonyl (C=O) groups excluding carboxylic acids is 2. The molecule has 0 spiro atoms. The van der Waals surface area contributed by atoms with E-state index in [0.29, 0.717) is 29.8 Å². The highest BCUT2D eigenvalue weighted by molar-refractivity contribution is 8.16. The van der Waals surface area contributed by atoms with Gasteiger partial charge in [0.1, 0.15) is 5.75 Å². The average Bonchev–Trinajstić information content (AvgIpc) is 2.73. The van der Waals surface area contributed by atoms with Crippen LogP contribution in [0.1, 0.15) is 27.7 Å². The zero-order valence-corrected chi connectivity index (χ0v) is 17.0. The van der Waals surface area contributed by atoms with Crippen LogP contribution in [-0.4, -0.2) is 39.9 Å². The molecule has 5 nitrogen and oxygen atoms in total. The topological polar surface area (TPSA) is 69.6 Å². The Morgan fingerprint density at radius 2 is 1.89 bits per heavy atom. The molecule has 0 saturated carbocycles. The number of nitrogens with one attached hydrogen (secondary N) is 1. The molecule has 0 atom stereocenters. The lowest BCUT2D eigenvalue weighted by molar-refractivity contribution is -0.143. The third kappa shape index (κ3) is 4.31. The number of rotatable bonds is 2. The second-order valence-corrected chi connectivity index (χ2v) is 9.66. The molecule has 0 bridgehead atoms. The normalized spacial score (nSPS) is 17.1. The molecule has 0 radical (unpaired) electrons. The molecule has 2 aromatic rings. The van der Waals surface area contributed by atoms with Gasteiger partial charge in [-0.05, 0) is 65.3 Å². The number of nitrogens with zero attached hydrogens (tertiary/aromatic N) is 1. The van der Waals surface area contributed by atoms with Crippen LogP contribution in [0.25, 0.3) is 0 Å². The maximum atomic E-state index is 12.6. The van der Waals surface area contributed by atoms with E-state index in [2.05, 4.69) is 11.4 Å². The number of aromatic hydroxyl groups is 1. The number of anilines is 1. The first-order valence-electron chi connectivity index (χ1n) is 9.34. The van der Waals surface area contributed by atoms with E-state index in [0.717, 1.165) is 22.6 Å². The van der Waals surface area contributed by atoms with E-state index in [9.17, 15) is 14.7 Å². The Kier molecular flexibility index (Phi) is 5.82. The predicted octanol–water partition coefficient (Wildman–Crippen LogP) is 3.78. The van der Waals surface area contributed by atoms with Crippen molar-refractivity contribution in [3.05, 3.63) is 59.2 Å². The molecular weight excluding hydrogens is 392 g/mol. The van der Waals surface area contributed by atoms with Gasteiger partial charge >= 0.3 is 11.8 Å². The molecule has 4 rings (SSSR count). The first kappa shape index (κ1) is 19.2. The number of phenolic OH excluding ortho intramolecular Hbond substituents is 1. The van der Waals surface area contributed by atoms with E-state index in [1.54, 1.807) is 12.1 Å². The quantitative estimate of drug-likeness (QED) is 0.732. The fourth-order valence-electron chi connectivity index (χ4n) is 3.49. The number of thioether (sulfide) groups is 2. The molecule has 2 amide bonds. The molecule has 28 heavy (non-hydrogen) atoms. The van der Waals surface area contributed by atoms with E-state index in [1.165, 1.54) is 16.9 Å². The second-order valence-electron chi connectivity index (χ2n) is 6.94. The molecule has 2 N–H and O–H groups in total. The maximum absolute atomic E-state index is 12.6. The van der Waals surface area contributed by atoms with Crippen molar-refractivity contribution >= 4 is 41.0 Å². The zero-order chi connectivity index (χ0) is 19.5. The summed E-state index contributed by atoms with van der Waals surface area (Å²) >= 11 is 3.84. The highest BCUT2D eigenvalue weighted by Crippen LogP contribution is 2.44. The highest BCUT2D eigenvalue weighted by Gasteiger charge is 2.26. The van der Waals surface area contributed by atoms with Gasteiger partial charge in [-0.3, -0.25) is 9.59 Å². The summed E-state index contributed by atoms with van der Waals surface area (Å²) in [7, 11) is 0. The third-order valence-corrected chi connectivity index (χ3v) is 7.94. The number of amides is 2. The fourth-order valence-corrected chi connectivity index (χ4v) is 6.36. The lowest BCUT2D eigenvalue weighted by Gasteiger charge is -2.28. The van der Waals surface area contributed by atoms with Gasteiger partial charge in [-0.2, -0.15) is 0 Å². The van der Waals surface area contributed by atoms with Gasteiger partial charge in [0.25, 0.3) is 0 Å². The van der Waals surface area contributed by atoms with Gasteiger partial charge in [-0.1, -0.05) is 18.2 Å². The van der Waals surface area contributed by atoms with E-state index in [1.807, 2.05) is 47.8 Å². The van der Waals surface area contributed by atoms with Crippen LogP contribution in [0.3, 0.4) is 0 Å². The van der Waals surface area contributed by atoms with E-state index < -0.39 is 11.8 Å². The number of phenols is 1. The maximum Gasteiger partial charge on any atom is 0.313 e. The molecule has 7 heteroatoms. The Bertz CT molecular complexity index is 897. The van der Waals surface area contributed by atoms with Gasteiger partial charge < -0.3 is 15.3 Å². The highest BCUT2D eigenvalue weighted by atomic mass is 32.2. The summed E-state index contributed by atoms with van der Waals surface area (Å²) in [6, 6.07) is 13.0. The minimum absolute atomic E-state index is 0.174. The summed E-state index contributed by atoms with van der Waals surface area (Å²) in [5, 5.41) is 12.4. The third-order valence-electron chi connectivity index (χ3n) is 4.93. The summed E-state index contributed by atoms with van der Waals surface area (Å²) in [5.74, 6) is 1.32. The Morgan fingerprint density at radius 1 is 1.07 bits per heavy atom. The van der Waals surface area contributed by atoms with Gasteiger partial charge in [0, 0.05) is 18.8 Å². The lowest BCUT2D eigenvalue weighted by atomic mass is 9.99. The summed E-state index contributed by atoms with van der Waals surface area (Å²) in [4.78, 5) is 26.7. The Hall–Kier alpha value is -2.12. The lowest BCUT2D eigenvalue weighted by Crippen LogP contribution is -2.42. The summed E-state index contributed by atoms with van der Waals surface area (Å²) in [5.41, 5.74) is 3.82. The van der Waals surface area contributed by atoms with Crippen LogP contribution in [0.2, 0.25) is 0 Å². The van der Waals surface area contributed by atoms with E-state index in [-0.39, 0.29) is 5.75 Å². The molecule has 2 heterocycles. The molecule has 0 aromatic heterocycles. The molecule has 1 saturated heterocycles. The van der Waals surface area contributed by atoms with Crippen molar-refractivity contribution in [1.82, 2.24) is 4.90 Å². The van der Waals surface area contributed by atoms with Crippen molar-refractivity contribution in [2.45, 2.75) is 24.0 Å². The number of fused-ring (bicyclic) bond motifs is 1. The second kappa shape index (κ2) is 8.49. The Labute approximate surface area is 172 Å². The number of carbonyl (C=O) groups is 2. The fraction of sp³-hybridized carbons (Fsp3) is 0.333. The van der Waals surface area contributed by atoms with Gasteiger partial charge in [0.2, 0.25) is 0 Å². The van der Waals surface area contributed by atoms with Crippen molar-refractivity contribution in [1.29, 1.82) is 0 Å². The average molecular weight is 415 g/mol. The van der Waals surface area contributed by atoms with Crippen LogP contribution in [-0.2, 0) is 22.6 Å². The largest absolute Gasteiger partial charge is 0.508 e. The van der Waals surface area contributed by atoms with E-state index in [4.69, 9.17) is 0 Å². The molecule has 0 unspecified atom stereocenters. The standard InChI is InChI=1S/C21H22N2O3S2/c24-18-6-5-14-7-8-23(13-16(14)12-18)20(26)19(25)22-17-4-1-3-15(11-17)21-27-9-2-10-28-21/h1,3-6,11-12,21,24H,2,7-10,13H2,(H,22,25). The van der Waals surface area contributed by atoms with Gasteiger partial charge in [-0.25, -0.2) is 0 Å². The number of hydrogen-bond acceptors (Lipinski definition) is 5. The Balaban J connectivity index is 1.41. The molecule has 2 aromatic carbocycles. The molecular formula is C21H22N2O3S2. The summed E-state index contributed by atoms with van der Waals surface area (Å²) in [6.07, 6.45) is 1.91. The van der Waals surface area contributed by atoms with Crippen LogP contribution in [0.15, 0.2) is 42.5 Å². The minimum atomic E-state index is -0.621. The predicted molar refractivity (Wildman–Crippen MR) is 115 cm³/mol. The minimum Gasteiger partial charge on any atom is -0.508 e. The molecule has 2 aliphatic rings. The monoisotopic (exact) mass is 414 g/mol. The van der Waals surface area contributed by atoms with Crippen LogP contribution in [0.4, 0.5) is 5.69 Å². The van der Waals surface area contributed by atoms with Crippen molar-refractivity contribution in [3.8, 4) is 5.75 Å². The first-order chi connectivity index (χ1) is 13.6. The Morgan fingerprint density at radius 3 is 2.71 bits per heavy atom. The van der Waals surface area contributed by atoms with Crippen LogP contribution in [0.5, 0.6) is 5.75 Å². The van der Waals surface area contributed by atoms with Crippen LogP contribution >= 0.6 is 23.5 Å². The molecule has 0 aliphatic carbocycles.